The number of rotatable bonds is 7. The van der Waals surface area contributed by atoms with Gasteiger partial charge in [-0.15, -0.1) is 0 Å². The second-order valence-electron chi connectivity index (χ2n) is 8.27. The maximum Gasteiger partial charge on any atom is 0.253 e. The van der Waals surface area contributed by atoms with Gasteiger partial charge in [-0.05, 0) is 42.5 Å². The summed E-state index contributed by atoms with van der Waals surface area (Å²) in [6, 6.07) is 11.1. The van der Waals surface area contributed by atoms with Crippen molar-refractivity contribution in [2.24, 2.45) is 0 Å². The number of hydrogen-bond donors (Lipinski definition) is 1. The Labute approximate surface area is 199 Å². The fraction of sp³-hybridized carbons (Fsp3) is 0.391. The molecular weight excluding hydrogens is 460 g/mol. The highest BCUT2D eigenvalue weighted by Crippen LogP contribution is 2.32. The number of carbonyl (C=O) groups is 2. The highest BCUT2D eigenvalue weighted by atomic mass is 32.2. The van der Waals surface area contributed by atoms with E-state index >= 15 is 0 Å². The molecule has 0 spiro atoms. The second-order valence-corrected chi connectivity index (χ2v) is 10.4. The minimum absolute atomic E-state index is 0.121. The average molecular weight is 489 g/mol. The number of benzene rings is 2. The maximum atomic E-state index is 12.8. The summed E-state index contributed by atoms with van der Waals surface area (Å²) >= 11 is 0. The number of fused-ring (bicyclic) bond motifs is 1. The number of sulfonamides is 1. The molecule has 2 amide bonds. The van der Waals surface area contributed by atoms with Crippen LogP contribution in [0.25, 0.3) is 0 Å². The summed E-state index contributed by atoms with van der Waals surface area (Å²) in [7, 11) is -0.589. The predicted molar refractivity (Wildman–Crippen MR) is 125 cm³/mol. The van der Waals surface area contributed by atoms with E-state index in [1.807, 2.05) is 0 Å². The van der Waals surface area contributed by atoms with Crippen LogP contribution >= 0.6 is 0 Å². The molecule has 0 aromatic heterocycles. The molecule has 10 nitrogen and oxygen atoms in total. The molecule has 0 aliphatic carbocycles. The number of piperazine rings is 1. The fourth-order valence-electron chi connectivity index (χ4n) is 3.80. The zero-order valence-electron chi connectivity index (χ0n) is 19.2. The number of amides is 2. The fourth-order valence-corrected chi connectivity index (χ4v) is 4.71. The van der Waals surface area contributed by atoms with Gasteiger partial charge < -0.3 is 19.7 Å². The quantitative estimate of drug-likeness (QED) is 0.616. The van der Waals surface area contributed by atoms with Gasteiger partial charge in [-0.1, -0.05) is 0 Å². The third kappa shape index (κ3) is 5.16. The lowest BCUT2D eigenvalue weighted by Crippen LogP contribution is -2.50. The molecule has 0 radical (unpaired) electrons. The summed E-state index contributed by atoms with van der Waals surface area (Å²) in [6.07, 6.45) is 0. The SMILES string of the molecule is CN(C)S(=O)(=O)c1ccc(C(=O)N2CCN(CCNC(=O)c3ccc4c(c3)OCO4)CC2)cc1. The van der Waals surface area contributed by atoms with Crippen LogP contribution in [0.1, 0.15) is 20.7 Å². The molecule has 11 heteroatoms. The Kier molecular flexibility index (Phi) is 7.05. The number of nitrogens with one attached hydrogen (secondary N) is 1. The molecule has 2 aromatic rings. The molecule has 4 rings (SSSR count). The molecule has 1 saturated heterocycles. The third-order valence-corrected chi connectivity index (χ3v) is 7.72. The van der Waals surface area contributed by atoms with Crippen LogP contribution in [-0.4, -0.2) is 94.5 Å². The van der Waals surface area contributed by atoms with Crippen LogP contribution in [0.5, 0.6) is 11.5 Å². The van der Waals surface area contributed by atoms with E-state index in [0.29, 0.717) is 61.9 Å². The van der Waals surface area contributed by atoms with Gasteiger partial charge in [0.25, 0.3) is 11.8 Å². The summed E-state index contributed by atoms with van der Waals surface area (Å²) in [5, 5.41) is 2.91. The van der Waals surface area contributed by atoms with Gasteiger partial charge in [-0.3, -0.25) is 14.5 Å². The molecule has 0 atom stereocenters. The van der Waals surface area contributed by atoms with Crippen LogP contribution in [-0.2, 0) is 10.0 Å². The lowest BCUT2D eigenvalue weighted by Gasteiger charge is -2.34. The Morgan fingerprint density at radius 1 is 0.941 bits per heavy atom. The minimum Gasteiger partial charge on any atom is -0.454 e. The molecule has 0 bridgehead atoms. The molecule has 2 aliphatic rings. The van der Waals surface area contributed by atoms with Crippen LogP contribution in [0.4, 0.5) is 0 Å². The van der Waals surface area contributed by atoms with Crippen molar-refractivity contribution in [2.45, 2.75) is 4.90 Å². The Morgan fingerprint density at radius 2 is 1.59 bits per heavy atom. The molecule has 1 N–H and O–H groups in total. The normalized spacial score (nSPS) is 16.0. The van der Waals surface area contributed by atoms with Gasteiger partial charge in [-0.25, -0.2) is 12.7 Å². The van der Waals surface area contributed by atoms with Crippen molar-refractivity contribution < 1.29 is 27.5 Å². The van der Waals surface area contributed by atoms with Crippen LogP contribution < -0.4 is 14.8 Å². The summed E-state index contributed by atoms with van der Waals surface area (Å²) < 4.78 is 36.1. The van der Waals surface area contributed by atoms with E-state index in [-0.39, 0.29) is 23.5 Å². The van der Waals surface area contributed by atoms with Crippen molar-refractivity contribution in [1.29, 1.82) is 0 Å². The van der Waals surface area contributed by atoms with Gasteiger partial charge in [0.1, 0.15) is 0 Å². The van der Waals surface area contributed by atoms with Crippen LogP contribution in [0, 0.1) is 0 Å². The number of ether oxygens (including phenoxy) is 2. The number of hydrogen-bond acceptors (Lipinski definition) is 7. The first-order chi connectivity index (χ1) is 16.3. The lowest BCUT2D eigenvalue weighted by molar-refractivity contribution is 0.0638. The van der Waals surface area contributed by atoms with Gasteiger partial charge in [0.2, 0.25) is 16.8 Å². The molecule has 182 valence electrons. The number of nitrogens with zero attached hydrogens (tertiary/aromatic N) is 3. The van der Waals surface area contributed by atoms with Crippen LogP contribution in [0.15, 0.2) is 47.4 Å². The van der Waals surface area contributed by atoms with Crippen LogP contribution in [0.2, 0.25) is 0 Å². The Balaban J connectivity index is 1.22. The van der Waals surface area contributed by atoms with E-state index in [0.717, 1.165) is 4.31 Å². The third-order valence-electron chi connectivity index (χ3n) is 5.89. The first-order valence-electron chi connectivity index (χ1n) is 11.0. The van der Waals surface area contributed by atoms with Gasteiger partial charge >= 0.3 is 0 Å². The Morgan fingerprint density at radius 3 is 2.26 bits per heavy atom. The van der Waals surface area contributed by atoms with Crippen molar-refractivity contribution in [2.75, 3.05) is 60.2 Å². The summed E-state index contributed by atoms with van der Waals surface area (Å²) in [4.78, 5) is 29.3. The molecular formula is C23H28N4O6S. The molecule has 2 heterocycles. The average Bonchev–Trinajstić information content (AvgIpc) is 3.32. The summed E-state index contributed by atoms with van der Waals surface area (Å²) in [5.41, 5.74) is 0.978. The zero-order chi connectivity index (χ0) is 24.3. The number of carbonyl (C=O) groups excluding carboxylic acids is 2. The van der Waals surface area contributed by atoms with E-state index in [9.17, 15) is 18.0 Å². The lowest BCUT2D eigenvalue weighted by atomic mass is 10.2. The Bertz CT molecular complexity index is 1160. The summed E-state index contributed by atoms with van der Waals surface area (Å²) in [5.74, 6) is 0.914. The standard InChI is InChI=1S/C23H28N4O6S/c1-25(2)34(30,31)19-6-3-17(4-7-19)23(29)27-13-11-26(12-14-27)10-9-24-22(28)18-5-8-20-21(15-18)33-16-32-20/h3-8,15H,9-14,16H2,1-2H3,(H,24,28). The molecule has 1 fully saturated rings. The van der Waals surface area contributed by atoms with Crippen molar-refractivity contribution in [1.82, 2.24) is 19.4 Å². The van der Waals surface area contributed by atoms with Crippen molar-refractivity contribution >= 4 is 21.8 Å². The molecule has 0 saturated carbocycles. The van der Waals surface area contributed by atoms with Gasteiger partial charge in [0, 0.05) is 64.5 Å². The maximum absolute atomic E-state index is 12.8. The summed E-state index contributed by atoms with van der Waals surface area (Å²) in [6.45, 7) is 3.84. The van der Waals surface area contributed by atoms with Crippen molar-refractivity contribution in [3.8, 4) is 11.5 Å². The molecule has 2 aliphatic heterocycles. The first-order valence-corrected chi connectivity index (χ1v) is 12.4. The van der Waals surface area contributed by atoms with Gasteiger partial charge in [0.15, 0.2) is 11.5 Å². The van der Waals surface area contributed by atoms with Gasteiger partial charge in [0.05, 0.1) is 4.90 Å². The van der Waals surface area contributed by atoms with E-state index in [4.69, 9.17) is 9.47 Å². The highest BCUT2D eigenvalue weighted by molar-refractivity contribution is 7.89. The van der Waals surface area contributed by atoms with E-state index in [1.54, 1.807) is 35.2 Å². The molecule has 0 unspecified atom stereocenters. The van der Waals surface area contributed by atoms with Crippen molar-refractivity contribution in [3.05, 3.63) is 53.6 Å². The van der Waals surface area contributed by atoms with Crippen LogP contribution in [0.3, 0.4) is 0 Å². The monoisotopic (exact) mass is 488 g/mol. The van der Waals surface area contributed by atoms with E-state index in [1.165, 1.54) is 26.2 Å². The topological polar surface area (TPSA) is 108 Å². The highest BCUT2D eigenvalue weighted by Gasteiger charge is 2.23. The van der Waals surface area contributed by atoms with Gasteiger partial charge in [-0.2, -0.15) is 0 Å². The predicted octanol–water partition coefficient (Wildman–Crippen LogP) is 0.853. The molecule has 2 aromatic carbocycles. The van der Waals surface area contributed by atoms with Crippen molar-refractivity contribution in [3.63, 3.8) is 0 Å². The second kappa shape index (κ2) is 10.00. The smallest absolute Gasteiger partial charge is 0.253 e. The zero-order valence-corrected chi connectivity index (χ0v) is 20.0. The largest absolute Gasteiger partial charge is 0.454 e. The first kappa shape index (κ1) is 24.0. The van der Waals surface area contributed by atoms with E-state index in [2.05, 4.69) is 10.2 Å². The Hall–Kier alpha value is -3.15. The van der Waals surface area contributed by atoms with E-state index < -0.39 is 10.0 Å². The minimum atomic E-state index is -3.53. The molecule has 34 heavy (non-hydrogen) atoms.